The number of hydrogen-bond donors (Lipinski definition) is 1. The lowest BCUT2D eigenvalue weighted by molar-refractivity contribution is -0.135. The molecule has 7 heteroatoms. The summed E-state index contributed by atoms with van der Waals surface area (Å²) in [6.07, 6.45) is 3.05. The lowest BCUT2D eigenvalue weighted by atomic mass is 9.96. The fraction of sp³-hybridized carbons (Fsp3) is 0.318. The number of methoxy groups -OCH3 is 1. The van der Waals surface area contributed by atoms with Gasteiger partial charge in [0.2, 0.25) is 0 Å². The number of rotatable bonds is 4. The summed E-state index contributed by atoms with van der Waals surface area (Å²) in [4.78, 5) is 5.61. The number of nitriles is 1. The number of hydrogen-bond acceptors (Lipinski definition) is 5. The van der Waals surface area contributed by atoms with Crippen molar-refractivity contribution in [2.45, 2.75) is 37.6 Å². The molecule has 2 heterocycles. The third-order valence-corrected chi connectivity index (χ3v) is 7.05. The van der Waals surface area contributed by atoms with Gasteiger partial charge in [-0.05, 0) is 54.8 Å². The van der Waals surface area contributed by atoms with Crippen LogP contribution in [0.5, 0.6) is 0 Å². The fourth-order valence-electron chi connectivity index (χ4n) is 4.30. The summed E-state index contributed by atoms with van der Waals surface area (Å²) in [5.41, 5.74) is 4.23. The van der Waals surface area contributed by atoms with Crippen LogP contribution in [0.1, 0.15) is 34.7 Å². The highest BCUT2D eigenvalue weighted by Gasteiger charge is 2.42. The summed E-state index contributed by atoms with van der Waals surface area (Å²) >= 11 is 0. The van der Waals surface area contributed by atoms with Crippen LogP contribution in [0.3, 0.4) is 0 Å². The van der Waals surface area contributed by atoms with Gasteiger partial charge in [-0.25, -0.2) is 8.42 Å². The normalized spacial score (nSPS) is 16.5. The first-order chi connectivity index (χ1) is 13.7. The number of aromatic amines is 1. The molecule has 0 aliphatic carbocycles. The summed E-state index contributed by atoms with van der Waals surface area (Å²) < 4.78 is 31.5. The molecule has 1 aliphatic rings. The molecule has 0 spiro atoms. The van der Waals surface area contributed by atoms with E-state index in [4.69, 9.17) is 4.74 Å². The Labute approximate surface area is 170 Å². The number of aryl methyl sites for hydroxylation is 1. The molecule has 1 N–H and O–H groups in total. The van der Waals surface area contributed by atoms with Crippen molar-refractivity contribution >= 4 is 20.7 Å². The first kappa shape index (κ1) is 19.6. The maximum absolute atomic E-state index is 12.7. The maximum Gasteiger partial charge on any atom is 0.175 e. The van der Waals surface area contributed by atoms with Gasteiger partial charge in [-0.15, -0.1) is 0 Å². The number of nitrogens with one attached hydrogen (secondary N) is 1. The number of aromatic nitrogens is 1. The van der Waals surface area contributed by atoms with Crippen molar-refractivity contribution in [3.8, 4) is 6.07 Å². The van der Waals surface area contributed by atoms with Crippen LogP contribution in [0.4, 0.5) is 0 Å². The Morgan fingerprint density at radius 1 is 1.21 bits per heavy atom. The molecule has 4 rings (SSSR count). The Bertz CT molecular complexity index is 1270. The summed E-state index contributed by atoms with van der Waals surface area (Å²) in [5.74, 6) is 0. The van der Waals surface area contributed by atoms with Crippen LogP contribution in [0.2, 0.25) is 0 Å². The lowest BCUT2D eigenvalue weighted by Gasteiger charge is -2.39. The Kier molecular flexibility index (Phi) is 4.54. The average Bonchev–Trinajstić information content (AvgIpc) is 3.33. The van der Waals surface area contributed by atoms with E-state index in [-0.39, 0.29) is 4.90 Å². The van der Waals surface area contributed by atoms with Crippen molar-refractivity contribution in [3.05, 3.63) is 64.3 Å². The smallest absolute Gasteiger partial charge is 0.175 e. The summed E-state index contributed by atoms with van der Waals surface area (Å²) in [6, 6.07) is 11.5. The van der Waals surface area contributed by atoms with Gasteiger partial charge in [0.25, 0.3) is 0 Å². The third kappa shape index (κ3) is 3.04. The molecule has 2 aromatic carbocycles. The van der Waals surface area contributed by atoms with Crippen LogP contribution in [0.25, 0.3) is 10.9 Å². The predicted molar refractivity (Wildman–Crippen MR) is 111 cm³/mol. The van der Waals surface area contributed by atoms with Crippen LogP contribution < -0.4 is 0 Å². The SMILES string of the molecule is COC(C)(c1c(S(C)(=O)=O)cc(C)c2[nH]ccc12)N1Cc2ccc(C#N)cc2C1. The molecule has 150 valence electrons. The van der Waals surface area contributed by atoms with E-state index in [0.29, 0.717) is 24.2 Å². The van der Waals surface area contributed by atoms with E-state index >= 15 is 0 Å². The van der Waals surface area contributed by atoms with Gasteiger partial charge in [0, 0.05) is 49.1 Å². The molecule has 1 unspecified atom stereocenters. The molecular weight excluding hydrogens is 386 g/mol. The van der Waals surface area contributed by atoms with Gasteiger partial charge in [0.15, 0.2) is 9.84 Å². The van der Waals surface area contributed by atoms with Crippen molar-refractivity contribution in [1.29, 1.82) is 5.26 Å². The zero-order valence-electron chi connectivity index (χ0n) is 16.9. The standard InChI is InChI=1S/C22H23N3O3S/c1-14-9-19(29(4,26)27)20(18-7-8-24-21(14)18)22(2,28-3)25-12-16-6-5-15(11-23)10-17(16)13-25/h5-10,24H,12-13H2,1-4H3. The van der Waals surface area contributed by atoms with E-state index < -0.39 is 15.6 Å². The number of sulfone groups is 1. The molecule has 0 saturated carbocycles. The minimum absolute atomic E-state index is 0.278. The monoisotopic (exact) mass is 409 g/mol. The second kappa shape index (κ2) is 6.70. The summed E-state index contributed by atoms with van der Waals surface area (Å²) in [7, 11) is -1.88. The molecule has 6 nitrogen and oxygen atoms in total. The molecule has 3 aromatic rings. The largest absolute Gasteiger partial charge is 0.361 e. The second-order valence-corrected chi connectivity index (χ2v) is 9.73. The quantitative estimate of drug-likeness (QED) is 0.712. The van der Waals surface area contributed by atoms with E-state index in [2.05, 4.69) is 16.0 Å². The average molecular weight is 410 g/mol. The number of ether oxygens (including phenoxy) is 1. The van der Waals surface area contributed by atoms with Gasteiger partial charge in [-0.3, -0.25) is 4.90 Å². The first-order valence-corrected chi connectivity index (χ1v) is 11.2. The van der Waals surface area contributed by atoms with Crippen LogP contribution in [0.15, 0.2) is 41.4 Å². The Hall–Kier alpha value is -2.66. The lowest BCUT2D eigenvalue weighted by Crippen LogP contribution is -2.43. The van der Waals surface area contributed by atoms with E-state index in [1.165, 1.54) is 6.26 Å². The molecule has 1 aromatic heterocycles. The van der Waals surface area contributed by atoms with Gasteiger partial charge in [-0.1, -0.05) is 6.07 Å². The minimum Gasteiger partial charge on any atom is -0.361 e. The van der Waals surface area contributed by atoms with E-state index in [1.54, 1.807) is 13.2 Å². The second-order valence-electron chi connectivity index (χ2n) is 7.74. The van der Waals surface area contributed by atoms with E-state index in [9.17, 15) is 13.7 Å². The number of H-pyrrole nitrogens is 1. The van der Waals surface area contributed by atoms with Gasteiger partial charge in [-0.2, -0.15) is 5.26 Å². The molecule has 0 amide bonds. The van der Waals surface area contributed by atoms with Crippen LogP contribution in [0, 0.1) is 18.3 Å². The third-order valence-electron chi connectivity index (χ3n) is 5.93. The van der Waals surface area contributed by atoms with E-state index in [1.807, 2.05) is 44.3 Å². The highest BCUT2D eigenvalue weighted by molar-refractivity contribution is 7.90. The first-order valence-electron chi connectivity index (χ1n) is 9.32. The Morgan fingerprint density at radius 3 is 2.59 bits per heavy atom. The summed E-state index contributed by atoms with van der Waals surface area (Å²) in [5, 5.41) is 10.0. The molecule has 1 atom stereocenters. The molecule has 1 aliphatic heterocycles. The minimum atomic E-state index is -3.49. The van der Waals surface area contributed by atoms with Crippen LogP contribution >= 0.6 is 0 Å². The topological polar surface area (TPSA) is 86.2 Å². The molecule has 0 radical (unpaired) electrons. The fourth-order valence-corrected chi connectivity index (χ4v) is 5.36. The Balaban J connectivity index is 1.93. The van der Waals surface area contributed by atoms with Crippen molar-refractivity contribution in [2.75, 3.05) is 13.4 Å². The van der Waals surface area contributed by atoms with Gasteiger partial charge < -0.3 is 9.72 Å². The van der Waals surface area contributed by atoms with Crippen LogP contribution in [-0.4, -0.2) is 31.7 Å². The number of fused-ring (bicyclic) bond motifs is 2. The van der Waals surface area contributed by atoms with Crippen LogP contribution in [-0.2, 0) is 33.4 Å². The van der Waals surface area contributed by atoms with Gasteiger partial charge >= 0.3 is 0 Å². The molecule has 29 heavy (non-hydrogen) atoms. The Morgan fingerprint density at radius 2 is 1.93 bits per heavy atom. The molecule has 0 fully saturated rings. The maximum atomic E-state index is 12.7. The van der Waals surface area contributed by atoms with Crippen molar-refractivity contribution in [1.82, 2.24) is 9.88 Å². The summed E-state index contributed by atoms with van der Waals surface area (Å²) in [6.45, 7) is 4.99. The number of nitrogens with zero attached hydrogens (tertiary/aromatic N) is 2. The predicted octanol–water partition coefficient (Wildman–Crippen LogP) is 3.59. The van der Waals surface area contributed by atoms with Crippen molar-refractivity contribution in [2.24, 2.45) is 0 Å². The van der Waals surface area contributed by atoms with Gasteiger partial charge in [0.1, 0.15) is 5.72 Å². The number of benzene rings is 2. The van der Waals surface area contributed by atoms with Crippen molar-refractivity contribution < 1.29 is 13.2 Å². The van der Waals surface area contributed by atoms with E-state index in [0.717, 1.165) is 27.6 Å². The zero-order valence-corrected chi connectivity index (χ0v) is 17.7. The molecule has 0 bridgehead atoms. The highest BCUT2D eigenvalue weighted by atomic mass is 32.2. The molecular formula is C22H23N3O3S. The zero-order chi connectivity index (χ0) is 21.0. The molecule has 0 saturated heterocycles. The van der Waals surface area contributed by atoms with Gasteiger partial charge in [0.05, 0.1) is 16.5 Å². The van der Waals surface area contributed by atoms with Crippen molar-refractivity contribution in [3.63, 3.8) is 0 Å². The highest BCUT2D eigenvalue weighted by Crippen LogP contribution is 2.43.